The SMILES string of the molecule is CCCN1CC=C[C@@]2(C)O[C@]34C=CCN(c5cc(C)ccc5C)C(=O)C3N(CCO)C(=O)[C@@H]4[C@H]2C1=O. The van der Waals surface area contributed by atoms with E-state index in [2.05, 4.69) is 0 Å². The van der Waals surface area contributed by atoms with Crippen molar-refractivity contribution in [2.75, 3.05) is 37.7 Å². The summed E-state index contributed by atoms with van der Waals surface area (Å²) in [6.45, 7) is 8.88. The molecule has 2 saturated heterocycles. The minimum Gasteiger partial charge on any atom is -0.395 e. The molecule has 3 amide bonds. The third kappa shape index (κ3) is 3.45. The number of aryl methyl sites for hydroxylation is 2. The summed E-state index contributed by atoms with van der Waals surface area (Å²) in [6, 6.07) is 4.97. The van der Waals surface area contributed by atoms with E-state index in [9.17, 15) is 19.5 Å². The number of aliphatic hydroxyl groups excluding tert-OH is 1. The van der Waals surface area contributed by atoms with E-state index in [1.165, 1.54) is 4.90 Å². The molecule has 0 bridgehead atoms. The van der Waals surface area contributed by atoms with Gasteiger partial charge in [-0.3, -0.25) is 14.4 Å². The highest BCUT2D eigenvalue weighted by Gasteiger charge is 2.74. The lowest BCUT2D eigenvalue weighted by molar-refractivity contribution is -0.148. The number of nitrogens with zero attached hydrogens (tertiary/aromatic N) is 3. The zero-order chi connectivity index (χ0) is 25.8. The number of rotatable bonds is 5. The van der Waals surface area contributed by atoms with Gasteiger partial charge in [0.2, 0.25) is 11.8 Å². The molecule has 4 aliphatic heterocycles. The molecule has 8 heteroatoms. The fourth-order valence-electron chi connectivity index (χ4n) is 6.62. The van der Waals surface area contributed by atoms with E-state index in [1.807, 2.05) is 70.2 Å². The van der Waals surface area contributed by atoms with Crippen LogP contribution in [-0.4, -0.2) is 82.7 Å². The van der Waals surface area contributed by atoms with Gasteiger partial charge in [0.25, 0.3) is 5.91 Å². The van der Waals surface area contributed by atoms with Gasteiger partial charge in [-0.2, -0.15) is 0 Å². The second-order valence-electron chi connectivity index (χ2n) is 10.6. The van der Waals surface area contributed by atoms with Gasteiger partial charge in [0, 0.05) is 31.9 Å². The van der Waals surface area contributed by atoms with Crippen LogP contribution in [0.2, 0.25) is 0 Å². The summed E-state index contributed by atoms with van der Waals surface area (Å²) in [5.74, 6) is -2.32. The highest BCUT2D eigenvalue weighted by Crippen LogP contribution is 2.57. The Bertz CT molecular complexity index is 1160. The first kappa shape index (κ1) is 24.7. The van der Waals surface area contributed by atoms with Crippen molar-refractivity contribution in [3.63, 3.8) is 0 Å². The van der Waals surface area contributed by atoms with Crippen LogP contribution in [0, 0.1) is 25.7 Å². The highest BCUT2D eigenvalue weighted by atomic mass is 16.5. The number of amides is 3. The predicted molar refractivity (Wildman–Crippen MR) is 135 cm³/mol. The molecule has 1 spiro atoms. The number of β-amino-alcohol motifs (C(OH)–C–C–N with tert-alkyl or cyclic N) is 1. The van der Waals surface area contributed by atoms with Crippen molar-refractivity contribution < 1.29 is 24.2 Å². The van der Waals surface area contributed by atoms with Crippen LogP contribution in [0.3, 0.4) is 0 Å². The van der Waals surface area contributed by atoms with Gasteiger partial charge < -0.3 is 24.5 Å². The molecule has 2 fully saturated rings. The molecule has 0 aromatic heterocycles. The molecule has 1 N–H and O–H groups in total. The largest absolute Gasteiger partial charge is 0.395 e. The average molecular weight is 494 g/mol. The first-order valence-electron chi connectivity index (χ1n) is 12.8. The van der Waals surface area contributed by atoms with Crippen LogP contribution in [0.25, 0.3) is 0 Å². The monoisotopic (exact) mass is 493 g/mol. The summed E-state index contributed by atoms with van der Waals surface area (Å²) in [7, 11) is 0. The highest BCUT2D eigenvalue weighted by molar-refractivity contribution is 6.06. The molecule has 1 aromatic rings. The van der Waals surface area contributed by atoms with Crippen molar-refractivity contribution in [3.05, 3.63) is 53.6 Å². The maximum absolute atomic E-state index is 14.3. The fourth-order valence-corrected chi connectivity index (χ4v) is 6.62. The molecular formula is C28H35N3O5. The Balaban J connectivity index is 1.64. The van der Waals surface area contributed by atoms with E-state index >= 15 is 0 Å². The third-order valence-corrected chi connectivity index (χ3v) is 8.13. The van der Waals surface area contributed by atoms with Crippen LogP contribution in [0.15, 0.2) is 42.5 Å². The van der Waals surface area contributed by atoms with Gasteiger partial charge in [-0.05, 0) is 44.4 Å². The second-order valence-corrected chi connectivity index (χ2v) is 10.6. The lowest BCUT2D eigenvalue weighted by Gasteiger charge is -2.37. The Hall–Kier alpha value is -2.97. The Morgan fingerprint density at radius 2 is 1.75 bits per heavy atom. The Morgan fingerprint density at radius 1 is 1.00 bits per heavy atom. The second kappa shape index (κ2) is 8.85. The summed E-state index contributed by atoms with van der Waals surface area (Å²) in [5, 5.41) is 9.84. The van der Waals surface area contributed by atoms with Crippen molar-refractivity contribution in [3.8, 4) is 0 Å². The predicted octanol–water partition coefficient (Wildman–Crippen LogP) is 1.98. The lowest BCUT2D eigenvalue weighted by atomic mass is 9.74. The van der Waals surface area contributed by atoms with Gasteiger partial charge in [-0.1, -0.05) is 43.4 Å². The minimum atomic E-state index is -1.30. The van der Waals surface area contributed by atoms with E-state index in [-0.39, 0.29) is 30.9 Å². The van der Waals surface area contributed by atoms with Crippen LogP contribution >= 0.6 is 0 Å². The molecule has 8 nitrogen and oxygen atoms in total. The molecule has 4 aliphatic rings. The van der Waals surface area contributed by atoms with Crippen molar-refractivity contribution in [2.24, 2.45) is 11.8 Å². The zero-order valence-electron chi connectivity index (χ0n) is 21.4. The molecule has 0 aliphatic carbocycles. The number of fused-ring (bicyclic) bond motifs is 2. The normalized spacial score (nSPS) is 33.5. The van der Waals surface area contributed by atoms with Crippen molar-refractivity contribution in [1.29, 1.82) is 0 Å². The van der Waals surface area contributed by atoms with Crippen LogP contribution in [0.5, 0.6) is 0 Å². The fraction of sp³-hybridized carbons (Fsp3) is 0.536. The topological polar surface area (TPSA) is 90.4 Å². The first-order chi connectivity index (χ1) is 17.2. The Morgan fingerprint density at radius 3 is 2.47 bits per heavy atom. The average Bonchev–Trinajstić information content (AvgIpc) is 3.09. The van der Waals surface area contributed by atoms with Gasteiger partial charge in [0.15, 0.2) is 0 Å². The van der Waals surface area contributed by atoms with E-state index in [1.54, 1.807) is 9.80 Å². The van der Waals surface area contributed by atoms with E-state index < -0.39 is 29.1 Å². The van der Waals surface area contributed by atoms with Crippen molar-refractivity contribution >= 4 is 23.4 Å². The molecule has 0 radical (unpaired) electrons. The molecule has 5 rings (SSSR count). The number of ether oxygens (including phenoxy) is 1. The van der Waals surface area contributed by atoms with Gasteiger partial charge >= 0.3 is 0 Å². The van der Waals surface area contributed by atoms with Crippen molar-refractivity contribution in [2.45, 2.75) is 51.4 Å². The zero-order valence-corrected chi connectivity index (χ0v) is 21.4. The van der Waals surface area contributed by atoms with Gasteiger partial charge in [-0.25, -0.2) is 0 Å². The molecule has 192 valence electrons. The van der Waals surface area contributed by atoms with Gasteiger partial charge in [0.1, 0.15) is 11.6 Å². The maximum Gasteiger partial charge on any atom is 0.253 e. The first-order valence-corrected chi connectivity index (χ1v) is 12.8. The number of anilines is 1. The van der Waals surface area contributed by atoms with Crippen LogP contribution in [0.4, 0.5) is 5.69 Å². The molecule has 4 heterocycles. The summed E-state index contributed by atoms with van der Waals surface area (Å²) in [5.41, 5.74) is 0.431. The summed E-state index contributed by atoms with van der Waals surface area (Å²) < 4.78 is 6.77. The van der Waals surface area contributed by atoms with Crippen LogP contribution < -0.4 is 4.90 Å². The number of carbonyl (C=O) groups excluding carboxylic acids is 3. The summed E-state index contributed by atoms with van der Waals surface area (Å²) in [6.07, 6.45) is 8.35. The minimum absolute atomic E-state index is 0.00251. The van der Waals surface area contributed by atoms with E-state index in [0.717, 1.165) is 23.2 Å². The van der Waals surface area contributed by atoms with E-state index in [4.69, 9.17) is 4.74 Å². The standard InChI is InChI=1S/C28H35N3O5/c1-5-12-29-13-6-10-27(4)21(24(29)33)22-25(34)31(15-16-32)23-26(35)30(14-7-11-28(22,23)36-27)20-17-18(2)8-9-19(20)3/h6-11,17,21-23,32H,5,12-16H2,1-4H3/t21-,22-,23?,27+,28-/m0/s1. The Kier molecular flexibility index (Phi) is 6.08. The molecular weight excluding hydrogens is 458 g/mol. The number of hydrogen-bond acceptors (Lipinski definition) is 5. The van der Waals surface area contributed by atoms with Crippen LogP contribution in [0.1, 0.15) is 31.4 Å². The molecule has 5 atom stereocenters. The summed E-state index contributed by atoms with van der Waals surface area (Å²) >= 11 is 0. The third-order valence-electron chi connectivity index (χ3n) is 8.13. The van der Waals surface area contributed by atoms with E-state index in [0.29, 0.717) is 19.6 Å². The molecule has 36 heavy (non-hydrogen) atoms. The number of likely N-dealkylation sites (tertiary alicyclic amines) is 1. The molecule has 1 unspecified atom stereocenters. The van der Waals surface area contributed by atoms with Crippen LogP contribution in [-0.2, 0) is 19.1 Å². The molecule has 0 saturated carbocycles. The maximum atomic E-state index is 14.3. The van der Waals surface area contributed by atoms with Gasteiger partial charge in [-0.15, -0.1) is 0 Å². The summed E-state index contributed by atoms with van der Waals surface area (Å²) in [4.78, 5) is 47.1. The quantitative estimate of drug-likeness (QED) is 0.634. The van der Waals surface area contributed by atoms with Gasteiger partial charge in [0.05, 0.1) is 24.0 Å². The number of carbonyl (C=O) groups is 3. The van der Waals surface area contributed by atoms with Crippen molar-refractivity contribution in [1.82, 2.24) is 9.80 Å². The Labute approximate surface area is 212 Å². The lowest BCUT2D eigenvalue weighted by Crippen LogP contribution is -2.56. The molecule has 1 aromatic carbocycles. The smallest absolute Gasteiger partial charge is 0.253 e. The number of benzene rings is 1. The number of hydrogen-bond donors (Lipinski definition) is 1. The number of aliphatic hydroxyl groups is 1.